The van der Waals surface area contributed by atoms with Gasteiger partial charge in [0.25, 0.3) is 0 Å². The predicted octanol–water partition coefficient (Wildman–Crippen LogP) is 0.183. The van der Waals surface area contributed by atoms with Gasteiger partial charge < -0.3 is 16.2 Å². The van der Waals surface area contributed by atoms with E-state index < -0.39 is 12.1 Å². The second-order valence-electron chi connectivity index (χ2n) is 3.48. The van der Waals surface area contributed by atoms with Crippen molar-refractivity contribution in [3.8, 4) is 0 Å². The Morgan fingerprint density at radius 1 is 1.47 bits per heavy atom. The number of aliphatic hydroxyl groups excluding tert-OH is 1. The molecule has 0 heterocycles. The number of amides is 1. The molecule has 0 spiro atoms. The minimum absolute atomic E-state index is 0.222. The molecule has 2 atom stereocenters. The lowest BCUT2D eigenvalue weighted by molar-refractivity contribution is -0.122. The number of hydrogen-bond acceptors (Lipinski definition) is 3. The Labute approximate surface area is 89.1 Å². The minimum Gasteiger partial charge on any atom is -0.392 e. The summed E-state index contributed by atoms with van der Waals surface area (Å²) in [5.41, 5.74) is 6.50. The molecule has 4 N–H and O–H groups in total. The summed E-state index contributed by atoms with van der Waals surface area (Å²) >= 11 is 0. The molecule has 2 unspecified atom stereocenters. The molecule has 0 aliphatic heterocycles. The minimum atomic E-state index is -0.676. The lowest BCUT2D eigenvalue weighted by Crippen LogP contribution is -2.37. The Kier molecular flexibility index (Phi) is 4.27. The van der Waals surface area contributed by atoms with Gasteiger partial charge in [0, 0.05) is 6.54 Å². The van der Waals surface area contributed by atoms with E-state index in [9.17, 15) is 4.79 Å². The Morgan fingerprint density at radius 3 is 2.60 bits per heavy atom. The van der Waals surface area contributed by atoms with Crippen molar-refractivity contribution in [3.05, 3.63) is 35.9 Å². The molecule has 82 valence electrons. The third-order valence-electron chi connectivity index (χ3n) is 2.01. The molecule has 0 bridgehead atoms. The van der Waals surface area contributed by atoms with Gasteiger partial charge in [0.2, 0.25) is 5.91 Å². The molecule has 1 amide bonds. The van der Waals surface area contributed by atoms with E-state index in [2.05, 4.69) is 5.32 Å². The van der Waals surface area contributed by atoms with E-state index in [1.54, 1.807) is 19.1 Å². The monoisotopic (exact) mass is 208 g/mol. The van der Waals surface area contributed by atoms with Crippen LogP contribution in [0.15, 0.2) is 30.3 Å². The number of nitrogens with two attached hydrogens (primary N) is 1. The van der Waals surface area contributed by atoms with E-state index in [0.717, 1.165) is 5.56 Å². The molecule has 4 nitrogen and oxygen atoms in total. The number of rotatable bonds is 4. The molecule has 15 heavy (non-hydrogen) atoms. The first-order valence-electron chi connectivity index (χ1n) is 4.87. The first-order valence-corrected chi connectivity index (χ1v) is 4.87. The highest BCUT2D eigenvalue weighted by Gasteiger charge is 2.14. The van der Waals surface area contributed by atoms with Crippen LogP contribution in [0.5, 0.6) is 0 Å². The van der Waals surface area contributed by atoms with Crippen LogP contribution in [-0.4, -0.2) is 23.7 Å². The highest BCUT2D eigenvalue weighted by molar-refractivity contribution is 5.82. The lowest BCUT2D eigenvalue weighted by atomic mass is 10.1. The summed E-state index contributed by atoms with van der Waals surface area (Å²) in [7, 11) is 0. The van der Waals surface area contributed by atoms with Gasteiger partial charge in [-0.3, -0.25) is 4.79 Å². The highest BCUT2D eigenvalue weighted by Crippen LogP contribution is 2.08. The summed E-state index contributed by atoms with van der Waals surface area (Å²) in [4.78, 5) is 11.5. The zero-order valence-electron chi connectivity index (χ0n) is 8.68. The van der Waals surface area contributed by atoms with Gasteiger partial charge in [0.1, 0.15) is 6.04 Å². The fourth-order valence-electron chi connectivity index (χ4n) is 1.17. The molecule has 4 heteroatoms. The molecule has 1 rings (SSSR count). The third kappa shape index (κ3) is 3.69. The summed E-state index contributed by atoms with van der Waals surface area (Å²) in [5.74, 6) is -0.276. The summed E-state index contributed by atoms with van der Waals surface area (Å²) in [5, 5.41) is 11.6. The summed E-state index contributed by atoms with van der Waals surface area (Å²) < 4.78 is 0. The molecule has 0 saturated carbocycles. The van der Waals surface area contributed by atoms with Gasteiger partial charge in [0.05, 0.1) is 6.10 Å². The summed E-state index contributed by atoms with van der Waals surface area (Å²) in [6, 6.07) is 8.45. The first kappa shape index (κ1) is 11.7. The van der Waals surface area contributed by atoms with Crippen LogP contribution in [0.1, 0.15) is 18.5 Å². The molecule has 0 fully saturated rings. The van der Waals surface area contributed by atoms with E-state index in [4.69, 9.17) is 10.8 Å². The molecular formula is C11H16N2O2. The molecule has 0 radical (unpaired) electrons. The summed E-state index contributed by atoms with van der Waals surface area (Å²) in [6.45, 7) is 1.83. The van der Waals surface area contributed by atoms with Crippen LogP contribution >= 0.6 is 0 Å². The number of carbonyl (C=O) groups is 1. The smallest absolute Gasteiger partial charge is 0.241 e. The number of aliphatic hydroxyl groups is 1. The average Bonchev–Trinajstić information content (AvgIpc) is 2.26. The second-order valence-corrected chi connectivity index (χ2v) is 3.48. The van der Waals surface area contributed by atoms with E-state index in [1.807, 2.05) is 18.2 Å². The van der Waals surface area contributed by atoms with Gasteiger partial charge >= 0.3 is 0 Å². The molecule has 0 aliphatic rings. The van der Waals surface area contributed by atoms with Crippen molar-refractivity contribution in [1.82, 2.24) is 5.32 Å². The normalized spacial score (nSPS) is 14.3. The van der Waals surface area contributed by atoms with Crippen LogP contribution < -0.4 is 11.1 Å². The van der Waals surface area contributed by atoms with Gasteiger partial charge in [-0.25, -0.2) is 0 Å². The van der Waals surface area contributed by atoms with E-state index >= 15 is 0 Å². The van der Waals surface area contributed by atoms with Crippen LogP contribution in [0.25, 0.3) is 0 Å². The fraction of sp³-hybridized carbons (Fsp3) is 0.364. The maximum absolute atomic E-state index is 11.5. The van der Waals surface area contributed by atoms with Gasteiger partial charge in [0.15, 0.2) is 0 Å². The van der Waals surface area contributed by atoms with Crippen LogP contribution in [0.4, 0.5) is 0 Å². The topological polar surface area (TPSA) is 75.3 Å². The Hall–Kier alpha value is -1.39. The van der Waals surface area contributed by atoms with Gasteiger partial charge in [-0.05, 0) is 12.5 Å². The van der Waals surface area contributed by atoms with Crippen molar-refractivity contribution >= 4 is 5.91 Å². The van der Waals surface area contributed by atoms with Crippen molar-refractivity contribution < 1.29 is 9.90 Å². The zero-order chi connectivity index (χ0) is 11.3. The molecule has 0 aliphatic carbocycles. The Balaban J connectivity index is 2.54. The maximum Gasteiger partial charge on any atom is 0.241 e. The quantitative estimate of drug-likeness (QED) is 0.661. The molecule has 0 aromatic heterocycles. The van der Waals surface area contributed by atoms with Crippen LogP contribution in [-0.2, 0) is 4.79 Å². The highest BCUT2D eigenvalue weighted by atomic mass is 16.3. The number of carbonyl (C=O) groups excluding carboxylic acids is 1. The Morgan fingerprint density at radius 2 is 2.07 bits per heavy atom. The average molecular weight is 208 g/mol. The van der Waals surface area contributed by atoms with Gasteiger partial charge in [-0.1, -0.05) is 30.3 Å². The van der Waals surface area contributed by atoms with E-state index in [0.29, 0.717) is 0 Å². The van der Waals surface area contributed by atoms with Gasteiger partial charge in [-0.15, -0.1) is 0 Å². The first-order chi connectivity index (χ1) is 7.11. The lowest BCUT2D eigenvalue weighted by Gasteiger charge is -2.13. The van der Waals surface area contributed by atoms with Crippen molar-refractivity contribution in [3.63, 3.8) is 0 Å². The van der Waals surface area contributed by atoms with E-state index in [-0.39, 0.29) is 12.5 Å². The van der Waals surface area contributed by atoms with Crippen molar-refractivity contribution in [2.24, 2.45) is 5.73 Å². The summed E-state index contributed by atoms with van der Waals surface area (Å²) in [6.07, 6.45) is -0.558. The number of nitrogens with one attached hydrogen (secondary N) is 1. The SMILES string of the molecule is CC(O)CNC(=O)C(N)c1ccccc1. The number of benzene rings is 1. The predicted molar refractivity (Wildman–Crippen MR) is 58.1 cm³/mol. The van der Waals surface area contributed by atoms with Crippen molar-refractivity contribution in [1.29, 1.82) is 0 Å². The zero-order valence-corrected chi connectivity index (χ0v) is 8.68. The van der Waals surface area contributed by atoms with Crippen LogP contribution in [0.2, 0.25) is 0 Å². The maximum atomic E-state index is 11.5. The molecule has 1 aromatic carbocycles. The van der Waals surface area contributed by atoms with Crippen LogP contribution in [0, 0.1) is 0 Å². The fourth-order valence-corrected chi connectivity index (χ4v) is 1.17. The third-order valence-corrected chi connectivity index (χ3v) is 2.01. The van der Waals surface area contributed by atoms with Gasteiger partial charge in [-0.2, -0.15) is 0 Å². The largest absolute Gasteiger partial charge is 0.392 e. The number of hydrogen-bond donors (Lipinski definition) is 3. The van der Waals surface area contributed by atoms with Crippen molar-refractivity contribution in [2.75, 3.05) is 6.54 Å². The molecule has 0 saturated heterocycles. The van der Waals surface area contributed by atoms with Crippen LogP contribution in [0.3, 0.4) is 0 Å². The molecular weight excluding hydrogens is 192 g/mol. The Bertz CT molecular complexity index is 312. The second kappa shape index (κ2) is 5.48. The van der Waals surface area contributed by atoms with E-state index in [1.165, 1.54) is 0 Å². The molecule has 1 aromatic rings. The van der Waals surface area contributed by atoms with Crippen molar-refractivity contribution in [2.45, 2.75) is 19.1 Å². The standard InChI is InChI=1S/C11H16N2O2/c1-8(14)7-13-11(15)10(12)9-5-3-2-4-6-9/h2-6,8,10,14H,7,12H2,1H3,(H,13,15).